The summed E-state index contributed by atoms with van der Waals surface area (Å²) in [5.74, 6) is 0. The van der Waals surface area contributed by atoms with Gasteiger partial charge in [0.1, 0.15) is 0 Å². The topological polar surface area (TPSA) is 41.1 Å². The smallest absolute Gasteiger partial charge is 0.319 e. The molecular formula is C15H17ClN2OS. The van der Waals surface area contributed by atoms with Crippen LogP contribution >= 0.6 is 22.9 Å². The van der Waals surface area contributed by atoms with Crippen LogP contribution < -0.4 is 10.6 Å². The van der Waals surface area contributed by atoms with E-state index < -0.39 is 0 Å². The molecule has 1 aromatic heterocycles. The number of amides is 2. The summed E-state index contributed by atoms with van der Waals surface area (Å²) in [7, 11) is 0. The summed E-state index contributed by atoms with van der Waals surface area (Å²) in [6.07, 6.45) is 0. The fraction of sp³-hybridized carbons (Fsp3) is 0.267. The van der Waals surface area contributed by atoms with Gasteiger partial charge in [0.15, 0.2) is 0 Å². The molecule has 0 bridgehead atoms. The zero-order valence-corrected chi connectivity index (χ0v) is 13.2. The van der Waals surface area contributed by atoms with E-state index in [0.29, 0.717) is 0 Å². The zero-order chi connectivity index (χ0) is 14.7. The third-order valence-electron chi connectivity index (χ3n) is 3.22. The lowest BCUT2D eigenvalue weighted by atomic mass is 10.1. The molecule has 1 atom stereocenters. The number of thiophene rings is 1. The molecule has 2 aromatic rings. The van der Waals surface area contributed by atoms with Crippen molar-refractivity contribution in [3.63, 3.8) is 0 Å². The van der Waals surface area contributed by atoms with Gasteiger partial charge in [0.05, 0.1) is 10.4 Å². The number of benzene rings is 1. The van der Waals surface area contributed by atoms with Gasteiger partial charge >= 0.3 is 6.03 Å². The normalized spacial score (nSPS) is 12.0. The van der Waals surface area contributed by atoms with Crippen molar-refractivity contribution < 1.29 is 4.79 Å². The van der Waals surface area contributed by atoms with Crippen LogP contribution in [0.1, 0.15) is 29.0 Å². The van der Waals surface area contributed by atoms with Crippen molar-refractivity contribution in [2.45, 2.75) is 26.8 Å². The van der Waals surface area contributed by atoms with Crippen LogP contribution in [0.25, 0.3) is 0 Å². The van der Waals surface area contributed by atoms with Crippen LogP contribution in [0.5, 0.6) is 0 Å². The Labute approximate surface area is 128 Å². The molecule has 0 aliphatic heterocycles. The van der Waals surface area contributed by atoms with E-state index in [4.69, 9.17) is 11.6 Å². The van der Waals surface area contributed by atoms with E-state index >= 15 is 0 Å². The predicted octanol–water partition coefficient (Wildman–Crippen LogP) is 4.90. The largest absolute Gasteiger partial charge is 0.331 e. The number of carbonyl (C=O) groups excluding carboxylic acids is 1. The highest BCUT2D eigenvalue weighted by Gasteiger charge is 2.12. The number of urea groups is 1. The van der Waals surface area contributed by atoms with Crippen molar-refractivity contribution in [3.05, 3.63) is 50.7 Å². The van der Waals surface area contributed by atoms with Gasteiger partial charge in [0.25, 0.3) is 0 Å². The fourth-order valence-electron chi connectivity index (χ4n) is 1.87. The van der Waals surface area contributed by atoms with Crippen LogP contribution in [0.2, 0.25) is 4.34 Å². The van der Waals surface area contributed by atoms with Gasteiger partial charge in [0.2, 0.25) is 0 Å². The molecule has 0 fully saturated rings. The van der Waals surface area contributed by atoms with Gasteiger partial charge in [-0.2, -0.15) is 0 Å². The molecule has 1 heterocycles. The number of nitrogens with one attached hydrogen (secondary N) is 2. The highest BCUT2D eigenvalue weighted by molar-refractivity contribution is 7.16. The van der Waals surface area contributed by atoms with Crippen LogP contribution in [0, 0.1) is 13.8 Å². The lowest BCUT2D eigenvalue weighted by molar-refractivity contribution is 0.249. The molecule has 0 aliphatic rings. The highest BCUT2D eigenvalue weighted by Crippen LogP contribution is 2.26. The van der Waals surface area contributed by atoms with Crippen molar-refractivity contribution in [2.24, 2.45) is 0 Å². The Hall–Kier alpha value is -1.52. The minimum atomic E-state index is -0.212. The summed E-state index contributed by atoms with van der Waals surface area (Å²) in [6, 6.07) is 9.33. The van der Waals surface area contributed by atoms with E-state index in [0.717, 1.165) is 26.0 Å². The second-order valence-electron chi connectivity index (χ2n) is 4.71. The number of aryl methyl sites for hydroxylation is 1. The Morgan fingerprint density at radius 2 is 2.00 bits per heavy atom. The molecule has 20 heavy (non-hydrogen) atoms. The molecule has 0 saturated carbocycles. The third kappa shape index (κ3) is 3.52. The van der Waals surface area contributed by atoms with E-state index in [-0.39, 0.29) is 12.1 Å². The lowest BCUT2D eigenvalue weighted by Crippen LogP contribution is -2.31. The summed E-state index contributed by atoms with van der Waals surface area (Å²) < 4.78 is 0.726. The molecule has 2 N–H and O–H groups in total. The lowest BCUT2D eigenvalue weighted by Gasteiger charge is -2.15. The van der Waals surface area contributed by atoms with E-state index in [1.54, 1.807) is 0 Å². The molecule has 2 amide bonds. The van der Waals surface area contributed by atoms with Crippen LogP contribution in [0.4, 0.5) is 10.5 Å². The van der Waals surface area contributed by atoms with Crippen LogP contribution in [-0.2, 0) is 0 Å². The molecule has 0 unspecified atom stereocenters. The number of rotatable bonds is 3. The highest BCUT2D eigenvalue weighted by atomic mass is 35.5. The van der Waals surface area contributed by atoms with Gasteiger partial charge in [0, 0.05) is 10.6 Å². The molecule has 1 aromatic carbocycles. The van der Waals surface area contributed by atoms with E-state index in [9.17, 15) is 4.79 Å². The van der Waals surface area contributed by atoms with Crippen molar-refractivity contribution in [1.82, 2.24) is 5.32 Å². The van der Waals surface area contributed by atoms with Crippen molar-refractivity contribution >= 4 is 34.7 Å². The number of anilines is 1. The number of hydrogen-bond acceptors (Lipinski definition) is 2. The molecule has 2 rings (SSSR count). The fourth-order valence-corrected chi connectivity index (χ4v) is 2.94. The van der Waals surface area contributed by atoms with Crippen LogP contribution in [0.3, 0.4) is 0 Å². The summed E-state index contributed by atoms with van der Waals surface area (Å²) in [6.45, 7) is 5.95. The van der Waals surface area contributed by atoms with Gasteiger partial charge in [-0.1, -0.05) is 23.7 Å². The Kier molecular flexibility index (Phi) is 4.68. The second kappa shape index (κ2) is 6.29. The average Bonchev–Trinajstić information content (AvgIpc) is 2.82. The van der Waals surface area contributed by atoms with Crippen molar-refractivity contribution in [3.8, 4) is 0 Å². The SMILES string of the molecule is Cc1cccc(NC(=O)N[C@H](C)c2ccc(Cl)s2)c1C. The van der Waals surface area contributed by atoms with Gasteiger partial charge in [-0.05, 0) is 50.1 Å². The summed E-state index contributed by atoms with van der Waals surface area (Å²) >= 11 is 7.37. The minimum absolute atomic E-state index is 0.0717. The average molecular weight is 309 g/mol. The molecule has 106 valence electrons. The summed E-state index contributed by atoms with van der Waals surface area (Å²) in [5, 5.41) is 5.79. The van der Waals surface area contributed by atoms with Gasteiger partial charge in [-0.25, -0.2) is 4.79 Å². The van der Waals surface area contributed by atoms with Crippen molar-refractivity contribution in [1.29, 1.82) is 0 Å². The van der Waals surface area contributed by atoms with Crippen LogP contribution in [-0.4, -0.2) is 6.03 Å². The first-order valence-corrected chi connectivity index (χ1v) is 7.56. The molecule has 0 saturated heterocycles. The van der Waals surface area contributed by atoms with E-state index in [2.05, 4.69) is 10.6 Å². The standard InChI is InChI=1S/C15H17ClN2OS/c1-9-5-4-6-12(10(9)2)18-15(19)17-11(3)13-7-8-14(16)20-13/h4-8,11H,1-3H3,(H2,17,18,19)/t11-/m1/s1. The maximum atomic E-state index is 12.0. The number of hydrogen-bond donors (Lipinski definition) is 2. The summed E-state index contributed by atoms with van der Waals surface area (Å²) in [5.41, 5.74) is 3.06. The Morgan fingerprint density at radius 1 is 1.25 bits per heavy atom. The maximum absolute atomic E-state index is 12.0. The molecule has 0 spiro atoms. The van der Waals surface area contributed by atoms with Gasteiger partial charge < -0.3 is 10.6 Å². The minimum Gasteiger partial charge on any atom is -0.331 e. The second-order valence-corrected chi connectivity index (χ2v) is 6.46. The molecule has 3 nitrogen and oxygen atoms in total. The zero-order valence-electron chi connectivity index (χ0n) is 11.7. The Bertz CT molecular complexity index is 624. The molecule has 5 heteroatoms. The first-order valence-electron chi connectivity index (χ1n) is 6.36. The van der Waals surface area contributed by atoms with E-state index in [1.165, 1.54) is 11.3 Å². The van der Waals surface area contributed by atoms with Crippen molar-refractivity contribution in [2.75, 3.05) is 5.32 Å². The van der Waals surface area contributed by atoms with E-state index in [1.807, 2.05) is 51.1 Å². The number of halogens is 1. The maximum Gasteiger partial charge on any atom is 0.319 e. The van der Waals surface area contributed by atoms with Gasteiger partial charge in [-0.3, -0.25) is 0 Å². The molecule has 0 radical (unpaired) electrons. The third-order valence-corrected chi connectivity index (χ3v) is 4.64. The Balaban J connectivity index is 2.00. The van der Waals surface area contributed by atoms with Crippen LogP contribution in [0.15, 0.2) is 30.3 Å². The first kappa shape index (κ1) is 14.9. The van der Waals surface area contributed by atoms with Gasteiger partial charge in [-0.15, -0.1) is 11.3 Å². The summed E-state index contributed by atoms with van der Waals surface area (Å²) in [4.78, 5) is 13.0. The number of carbonyl (C=O) groups is 1. The quantitative estimate of drug-likeness (QED) is 0.832. The Morgan fingerprint density at radius 3 is 2.65 bits per heavy atom. The first-order chi connectivity index (χ1) is 9.47. The predicted molar refractivity (Wildman–Crippen MR) is 85.8 cm³/mol. The molecule has 0 aliphatic carbocycles. The monoisotopic (exact) mass is 308 g/mol. The molecular weight excluding hydrogens is 292 g/mol.